The molecule has 18 heavy (non-hydrogen) atoms. The lowest BCUT2D eigenvalue weighted by Crippen LogP contribution is -2.10. The lowest BCUT2D eigenvalue weighted by Gasteiger charge is -2.09. The molecule has 100 valence electrons. The normalized spacial score (nSPS) is 10.4. The molecule has 1 aromatic heterocycles. The van der Waals surface area contributed by atoms with Crippen molar-refractivity contribution in [2.24, 2.45) is 0 Å². The summed E-state index contributed by atoms with van der Waals surface area (Å²) in [6, 6.07) is 0. The molecule has 0 aliphatic heterocycles. The van der Waals surface area contributed by atoms with E-state index in [0.29, 0.717) is 36.6 Å². The fourth-order valence-electron chi connectivity index (χ4n) is 1.41. The van der Waals surface area contributed by atoms with Crippen LogP contribution in [-0.4, -0.2) is 36.0 Å². The number of hydrogen-bond acceptors (Lipinski definition) is 5. The number of hydrogen-bond donors (Lipinski definition) is 1. The Balaban J connectivity index is 2.48. The van der Waals surface area contributed by atoms with Crippen LogP contribution in [-0.2, 0) is 4.74 Å². The fraction of sp³-hybridized carbons (Fsp3) is 0.583. The third-order valence-corrected chi connectivity index (χ3v) is 2.52. The summed E-state index contributed by atoms with van der Waals surface area (Å²) in [5.41, 5.74) is 0.303. The van der Waals surface area contributed by atoms with Crippen LogP contribution in [0.3, 0.4) is 0 Å². The highest BCUT2D eigenvalue weighted by molar-refractivity contribution is 6.32. The Labute approximate surface area is 112 Å². The molecule has 0 aromatic carbocycles. The number of ether oxygens (including phenoxy) is 1. The third kappa shape index (κ3) is 4.58. The van der Waals surface area contributed by atoms with Gasteiger partial charge in [-0.15, -0.1) is 0 Å². The highest BCUT2D eigenvalue weighted by Crippen LogP contribution is 2.18. The maximum Gasteiger partial charge on any atom is 0.156 e. The van der Waals surface area contributed by atoms with E-state index in [0.717, 1.165) is 19.4 Å². The van der Waals surface area contributed by atoms with Crippen molar-refractivity contribution in [3.8, 4) is 0 Å². The van der Waals surface area contributed by atoms with Crippen LogP contribution < -0.4 is 5.32 Å². The maximum atomic E-state index is 10.9. The van der Waals surface area contributed by atoms with Crippen molar-refractivity contribution in [3.63, 3.8) is 0 Å². The minimum atomic E-state index is 0.183. The highest BCUT2D eigenvalue weighted by atomic mass is 35.5. The Morgan fingerprint density at radius 2 is 2.17 bits per heavy atom. The molecule has 0 amide bonds. The Kier molecular flexibility index (Phi) is 6.60. The summed E-state index contributed by atoms with van der Waals surface area (Å²) >= 11 is 5.87. The lowest BCUT2D eigenvalue weighted by atomic mass is 10.3. The van der Waals surface area contributed by atoms with Gasteiger partial charge >= 0.3 is 0 Å². The van der Waals surface area contributed by atoms with E-state index in [1.807, 2.05) is 0 Å². The van der Waals surface area contributed by atoms with E-state index in [1.165, 1.54) is 0 Å². The average molecular weight is 272 g/mol. The van der Waals surface area contributed by atoms with Crippen LogP contribution >= 0.6 is 11.6 Å². The van der Waals surface area contributed by atoms with Crippen LogP contribution in [0.4, 0.5) is 5.82 Å². The first-order valence-electron chi connectivity index (χ1n) is 6.00. The number of aldehydes is 1. The molecular formula is C12H18ClN3O2. The van der Waals surface area contributed by atoms with Crippen LogP contribution in [0, 0.1) is 6.92 Å². The number of carbonyl (C=O) groups excluding carboxylic acids is 1. The Morgan fingerprint density at radius 3 is 2.83 bits per heavy atom. The summed E-state index contributed by atoms with van der Waals surface area (Å²) < 4.78 is 5.36. The molecule has 0 aliphatic rings. The molecule has 5 nitrogen and oxygen atoms in total. The first kappa shape index (κ1) is 14.9. The van der Waals surface area contributed by atoms with Crippen molar-refractivity contribution in [1.82, 2.24) is 9.97 Å². The number of nitrogens with one attached hydrogen (secondary N) is 1. The maximum absolute atomic E-state index is 10.9. The molecule has 1 N–H and O–H groups in total. The number of halogens is 1. The van der Waals surface area contributed by atoms with Crippen LogP contribution in [0.25, 0.3) is 0 Å². The molecule has 0 aliphatic carbocycles. The van der Waals surface area contributed by atoms with Gasteiger partial charge in [0.2, 0.25) is 0 Å². The molecule has 1 aromatic rings. The third-order valence-electron chi connectivity index (χ3n) is 2.24. The summed E-state index contributed by atoms with van der Waals surface area (Å²) in [7, 11) is 0. The van der Waals surface area contributed by atoms with E-state index in [1.54, 1.807) is 6.92 Å². The molecule has 0 fully saturated rings. The first-order valence-corrected chi connectivity index (χ1v) is 6.37. The van der Waals surface area contributed by atoms with Crippen LogP contribution in [0.2, 0.25) is 5.15 Å². The van der Waals surface area contributed by atoms with Gasteiger partial charge < -0.3 is 10.1 Å². The molecular weight excluding hydrogens is 254 g/mol. The number of aryl methyl sites for hydroxylation is 1. The number of aromatic nitrogens is 2. The quantitative estimate of drug-likeness (QED) is 0.447. The van der Waals surface area contributed by atoms with E-state index in [2.05, 4.69) is 22.2 Å². The Morgan fingerprint density at radius 1 is 1.39 bits per heavy atom. The van der Waals surface area contributed by atoms with Crippen LogP contribution in [0.15, 0.2) is 0 Å². The second-order valence-electron chi connectivity index (χ2n) is 3.83. The largest absolute Gasteiger partial charge is 0.381 e. The van der Waals surface area contributed by atoms with Gasteiger partial charge in [-0.2, -0.15) is 0 Å². The zero-order valence-corrected chi connectivity index (χ0v) is 11.5. The molecule has 6 heteroatoms. The summed E-state index contributed by atoms with van der Waals surface area (Å²) in [6.45, 7) is 5.95. The van der Waals surface area contributed by atoms with E-state index in [9.17, 15) is 4.79 Å². The number of nitrogens with zero attached hydrogens (tertiary/aromatic N) is 2. The second-order valence-corrected chi connectivity index (χ2v) is 4.19. The predicted molar refractivity (Wildman–Crippen MR) is 71.4 cm³/mol. The number of carbonyl (C=O) groups is 1. The summed E-state index contributed by atoms with van der Waals surface area (Å²) in [4.78, 5) is 19.0. The highest BCUT2D eigenvalue weighted by Gasteiger charge is 2.10. The van der Waals surface area contributed by atoms with Crippen LogP contribution in [0.5, 0.6) is 0 Å². The monoisotopic (exact) mass is 271 g/mol. The van der Waals surface area contributed by atoms with Crippen molar-refractivity contribution in [2.45, 2.75) is 26.7 Å². The van der Waals surface area contributed by atoms with E-state index in [-0.39, 0.29) is 5.15 Å². The van der Waals surface area contributed by atoms with Gasteiger partial charge in [0.05, 0.1) is 5.56 Å². The molecule has 0 atom stereocenters. The molecule has 0 radical (unpaired) electrons. The van der Waals surface area contributed by atoms with Crippen molar-refractivity contribution < 1.29 is 9.53 Å². The Hall–Kier alpha value is -1.20. The van der Waals surface area contributed by atoms with Gasteiger partial charge in [-0.25, -0.2) is 9.97 Å². The zero-order chi connectivity index (χ0) is 13.4. The number of anilines is 1. The van der Waals surface area contributed by atoms with Gasteiger partial charge in [0.25, 0.3) is 0 Å². The van der Waals surface area contributed by atoms with Crippen molar-refractivity contribution in [1.29, 1.82) is 0 Å². The Bertz CT molecular complexity index is 399. The van der Waals surface area contributed by atoms with Crippen molar-refractivity contribution in [2.75, 3.05) is 25.1 Å². The van der Waals surface area contributed by atoms with Gasteiger partial charge in [0, 0.05) is 19.8 Å². The SMILES string of the molecule is CCCOCCCNc1nc(C)nc(Cl)c1C=O. The summed E-state index contributed by atoms with van der Waals surface area (Å²) in [6.07, 6.45) is 2.53. The van der Waals surface area contributed by atoms with E-state index < -0.39 is 0 Å². The van der Waals surface area contributed by atoms with Gasteiger partial charge in [0.1, 0.15) is 16.8 Å². The second kappa shape index (κ2) is 8.00. The first-order chi connectivity index (χ1) is 8.69. The minimum absolute atomic E-state index is 0.183. The molecule has 0 spiro atoms. The average Bonchev–Trinajstić information content (AvgIpc) is 2.33. The molecule has 0 bridgehead atoms. The van der Waals surface area contributed by atoms with Crippen molar-refractivity contribution >= 4 is 23.7 Å². The molecule has 0 saturated heterocycles. The zero-order valence-electron chi connectivity index (χ0n) is 10.7. The molecule has 1 rings (SSSR count). The van der Waals surface area contributed by atoms with Crippen molar-refractivity contribution in [3.05, 3.63) is 16.5 Å². The van der Waals surface area contributed by atoms with Gasteiger partial charge in [-0.05, 0) is 19.8 Å². The number of rotatable bonds is 8. The smallest absolute Gasteiger partial charge is 0.156 e. The topological polar surface area (TPSA) is 64.1 Å². The minimum Gasteiger partial charge on any atom is -0.381 e. The standard InChI is InChI=1S/C12H18ClN3O2/c1-3-6-18-7-4-5-14-12-10(8-17)11(13)15-9(2)16-12/h8H,3-7H2,1-2H3,(H,14,15,16). The van der Waals surface area contributed by atoms with Gasteiger partial charge in [0.15, 0.2) is 6.29 Å². The predicted octanol–water partition coefficient (Wildman–Crippen LogP) is 2.48. The van der Waals surface area contributed by atoms with Gasteiger partial charge in [-0.3, -0.25) is 4.79 Å². The lowest BCUT2D eigenvalue weighted by molar-refractivity contribution is 0.112. The molecule has 0 saturated carbocycles. The fourth-order valence-corrected chi connectivity index (χ4v) is 1.67. The van der Waals surface area contributed by atoms with Crippen LogP contribution in [0.1, 0.15) is 35.9 Å². The summed E-state index contributed by atoms with van der Waals surface area (Å²) in [5, 5.41) is 3.26. The van der Waals surface area contributed by atoms with E-state index >= 15 is 0 Å². The van der Waals surface area contributed by atoms with E-state index in [4.69, 9.17) is 16.3 Å². The molecule has 0 unspecified atom stereocenters. The molecule has 1 heterocycles. The summed E-state index contributed by atoms with van der Waals surface area (Å²) in [5.74, 6) is 1.02. The van der Waals surface area contributed by atoms with Gasteiger partial charge in [-0.1, -0.05) is 18.5 Å².